The molecule has 0 bridgehead atoms. The molecule has 2 aliphatic rings. The lowest BCUT2D eigenvalue weighted by Gasteiger charge is -2.31. The zero-order valence-corrected chi connectivity index (χ0v) is 9.06. The van der Waals surface area contributed by atoms with Crippen molar-refractivity contribution >= 4 is 11.6 Å². The Morgan fingerprint density at radius 2 is 1.57 bits per heavy atom. The van der Waals surface area contributed by atoms with Crippen LogP contribution in [0.5, 0.6) is 0 Å². The SMILES string of the molecule is CC1(C)CC(=O)C2(CCCCC2)C1=O. The molecule has 2 aliphatic carbocycles. The van der Waals surface area contributed by atoms with Crippen LogP contribution in [0.4, 0.5) is 0 Å². The Balaban J connectivity index is 2.34. The summed E-state index contributed by atoms with van der Waals surface area (Å²) in [4.78, 5) is 24.1. The molecule has 0 aromatic carbocycles. The Morgan fingerprint density at radius 1 is 1.00 bits per heavy atom. The van der Waals surface area contributed by atoms with Crippen LogP contribution >= 0.6 is 0 Å². The van der Waals surface area contributed by atoms with Gasteiger partial charge in [-0.25, -0.2) is 0 Å². The predicted molar refractivity (Wildman–Crippen MR) is 53.9 cm³/mol. The second-order valence-corrected chi connectivity index (χ2v) is 5.46. The van der Waals surface area contributed by atoms with Gasteiger partial charge in [-0.2, -0.15) is 0 Å². The van der Waals surface area contributed by atoms with E-state index >= 15 is 0 Å². The van der Waals surface area contributed by atoms with Gasteiger partial charge < -0.3 is 0 Å². The highest BCUT2D eigenvalue weighted by molar-refractivity contribution is 6.15. The van der Waals surface area contributed by atoms with Crippen molar-refractivity contribution < 1.29 is 9.59 Å². The molecule has 2 heteroatoms. The lowest BCUT2D eigenvalue weighted by molar-refractivity contribution is -0.139. The van der Waals surface area contributed by atoms with E-state index in [2.05, 4.69) is 0 Å². The molecule has 2 rings (SSSR count). The molecule has 78 valence electrons. The maximum absolute atomic E-state index is 12.2. The van der Waals surface area contributed by atoms with Gasteiger partial charge in [0, 0.05) is 11.8 Å². The largest absolute Gasteiger partial charge is 0.299 e. The Bertz CT molecular complexity index is 283. The summed E-state index contributed by atoms with van der Waals surface area (Å²) in [5.41, 5.74) is -0.948. The van der Waals surface area contributed by atoms with E-state index in [0.717, 1.165) is 25.7 Å². The van der Waals surface area contributed by atoms with Crippen molar-refractivity contribution in [2.24, 2.45) is 10.8 Å². The highest BCUT2D eigenvalue weighted by atomic mass is 16.2. The lowest BCUT2D eigenvalue weighted by Crippen LogP contribution is -2.37. The van der Waals surface area contributed by atoms with Crippen molar-refractivity contribution in [3.8, 4) is 0 Å². The summed E-state index contributed by atoms with van der Waals surface area (Å²) in [5.74, 6) is 0.432. The third kappa shape index (κ3) is 1.16. The lowest BCUT2D eigenvalue weighted by atomic mass is 9.69. The van der Waals surface area contributed by atoms with Gasteiger partial charge in [0.2, 0.25) is 0 Å². The maximum atomic E-state index is 12.2. The minimum Gasteiger partial charge on any atom is -0.299 e. The standard InChI is InChI=1S/C12H18O2/c1-11(2)8-9(13)12(10(11)14)6-4-3-5-7-12/h3-8H2,1-2H3. The summed E-state index contributed by atoms with van der Waals surface area (Å²) in [5, 5.41) is 0. The molecule has 0 amide bonds. The molecule has 0 unspecified atom stereocenters. The van der Waals surface area contributed by atoms with Crippen LogP contribution in [0.15, 0.2) is 0 Å². The fourth-order valence-electron chi connectivity index (χ4n) is 3.09. The molecule has 0 aromatic heterocycles. The monoisotopic (exact) mass is 194 g/mol. The zero-order valence-electron chi connectivity index (χ0n) is 9.06. The summed E-state index contributed by atoms with van der Waals surface area (Å²) < 4.78 is 0. The molecular weight excluding hydrogens is 176 g/mol. The first-order valence-corrected chi connectivity index (χ1v) is 5.57. The average Bonchev–Trinajstić information content (AvgIpc) is 2.30. The van der Waals surface area contributed by atoms with Crippen molar-refractivity contribution in [3.63, 3.8) is 0 Å². The van der Waals surface area contributed by atoms with Gasteiger partial charge in [-0.05, 0) is 12.8 Å². The quantitative estimate of drug-likeness (QED) is 0.555. The summed E-state index contributed by atoms with van der Waals surface area (Å²) >= 11 is 0. The summed E-state index contributed by atoms with van der Waals surface area (Å²) in [7, 11) is 0. The zero-order chi connectivity index (χ0) is 10.4. The van der Waals surface area contributed by atoms with Crippen LogP contribution in [0.2, 0.25) is 0 Å². The summed E-state index contributed by atoms with van der Waals surface area (Å²) in [6.45, 7) is 3.83. The van der Waals surface area contributed by atoms with Crippen LogP contribution in [0, 0.1) is 10.8 Å². The van der Waals surface area contributed by atoms with Crippen molar-refractivity contribution in [2.45, 2.75) is 52.4 Å². The van der Waals surface area contributed by atoms with E-state index < -0.39 is 10.8 Å². The minimum atomic E-state index is -0.554. The average molecular weight is 194 g/mol. The van der Waals surface area contributed by atoms with E-state index in [1.54, 1.807) is 0 Å². The van der Waals surface area contributed by atoms with Crippen molar-refractivity contribution in [2.75, 3.05) is 0 Å². The molecule has 0 heterocycles. The highest BCUT2D eigenvalue weighted by Crippen LogP contribution is 2.50. The summed E-state index contributed by atoms with van der Waals surface area (Å²) in [6.07, 6.45) is 5.37. The van der Waals surface area contributed by atoms with Crippen LogP contribution in [-0.4, -0.2) is 11.6 Å². The second-order valence-electron chi connectivity index (χ2n) is 5.46. The van der Waals surface area contributed by atoms with Crippen LogP contribution < -0.4 is 0 Å². The second kappa shape index (κ2) is 2.91. The predicted octanol–water partition coefficient (Wildman–Crippen LogP) is 2.51. The summed E-state index contributed by atoms with van der Waals surface area (Å²) in [6, 6.07) is 0. The molecule has 1 spiro atoms. The van der Waals surface area contributed by atoms with E-state index in [-0.39, 0.29) is 11.6 Å². The minimum absolute atomic E-state index is 0.215. The number of hydrogen-bond donors (Lipinski definition) is 0. The molecule has 14 heavy (non-hydrogen) atoms. The van der Waals surface area contributed by atoms with E-state index in [4.69, 9.17) is 0 Å². The molecule has 0 atom stereocenters. The number of hydrogen-bond acceptors (Lipinski definition) is 2. The number of Topliss-reactive ketones (excluding diaryl/α,β-unsaturated/α-hetero) is 2. The van der Waals surface area contributed by atoms with E-state index in [1.807, 2.05) is 13.8 Å². The topological polar surface area (TPSA) is 34.1 Å². The van der Waals surface area contributed by atoms with E-state index in [0.29, 0.717) is 6.42 Å². The third-order valence-corrected chi connectivity index (χ3v) is 3.89. The van der Waals surface area contributed by atoms with Gasteiger partial charge in [0.1, 0.15) is 5.78 Å². The first kappa shape index (κ1) is 9.88. The van der Waals surface area contributed by atoms with Gasteiger partial charge in [0.25, 0.3) is 0 Å². The number of ketones is 2. The van der Waals surface area contributed by atoms with E-state index in [9.17, 15) is 9.59 Å². The molecule has 0 radical (unpaired) electrons. The van der Waals surface area contributed by atoms with Gasteiger partial charge in [0.05, 0.1) is 5.41 Å². The third-order valence-electron chi connectivity index (χ3n) is 3.89. The van der Waals surface area contributed by atoms with Crippen LogP contribution in [0.3, 0.4) is 0 Å². The van der Waals surface area contributed by atoms with E-state index in [1.165, 1.54) is 6.42 Å². The van der Waals surface area contributed by atoms with Crippen molar-refractivity contribution in [1.82, 2.24) is 0 Å². The van der Waals surface area contributed by atoms with Gasteiger partial charge in [-0.15, -0.1) is 0 Å². The Kier molecular flexibility index (Phi) is 2.06. The molecule has 2 nitrogen and oxygen atoms in total. The number of rotatable bonds is 0. The van der Waals surface area contributed by atoms with Crippen LogP contribution in [0.25, 0.3) is 0 Å². The Hall–Kier alpha value is -0.660. The molecule has 2 fully saturated rings. The van der Waals surface area contributed by atoms with Gasteiger partial charge in [-0.3, -0.25) is 9.59 Å². The molecular formula is C12H18O2. The van der Waals surface area contributed by atoms with Gasteiger partial charge in [-0.1, -0.05) is 33.1 Å². The number of carbonyl (C=O) groups is 2. The van der Waals surface area contributed by atoms with Gasteiger partial charge in [0.15, 0.2) is 5.78 Å². The number of carbonyl (C=O) groups excluding carboxylic acids is 2. The fraction of sp³-hybridized carbons (Fsp3) is 0.833. The maximum Gasteiger partial charge on any atom is 0.152 e. The molecule has 0 aliphatic heterocycles. The highest BCUT2D eigenvalue weighted by Gasteiger charge is 2.57. The fourth-order valence-corrected chi connectivity index (χ4v) is 3.09. The molecule has 0 aromatic rings. The smallest absolute Gasteiger partial charge is 0.152 e. The first-order valence-electron chi connectivity index (χ1n) is 5.57. The van der Waals surface area contributed by atoms with Gasteiger partial charge >= 0.3 is 0 Å². The van der Waals surface area contributed by atoms with Crippen molar-refractivity contribution in [1.29, 1.82) is 0 Å². The Labute approximate surface area is 85.1 Å². The Morgan fingerprint density at radius 3 is 2.00 bits per heavy atom. The molecule has 0 N–H and O–H groups in total. The molecule has 2 saturated carbocycles. The van der Waals surface area contributed by atoms with Crippen LogP contribution in [-0.2, 0) is 9.59 Å². The first-order chi connectivity index (χ1) is 6.49. The van der Waals surface area contributed by atoms with Crippen LogP contribution in [0.1, 0.15) is 52.4 Å². The molecule has 0 saturated heterocycles. The van der Waals surface area contributed by atoms with Crippen molar-refractivity contribution in [3.05, 3.63) is 0 Å². The normalized spacial score (nSPS) is 29.9.